The minimum atomic E-state index is -4.47. The second-order valence-corrected chi connectivity index (χ2v) is 4.56. The summed E-state index contributed by atoms with van der Waals surface area (Å²) >= 11 is 0. The first-order valence-electron chi connectivity index (χ1n) is 6.38. The Morgan fingerprint density at radius 2 is 2.05 bits per heavy atom. The Kier molecular flexibility index (Phi) is 3.64. The van der Waals surface area contributed by atoms with Crippen molar-refractivity contribution in [1.29, 1.82) is 0 Å². The highest BCUT2D eigenvalue weighted by molar-refractivity contribution is 5.60. The molecule has 0 aliphatic carbocycles. The molecule has 1 saturated heterocycles. The predicted molar refractivity (Wildman–Crippen MR) is 66.3 cm³/mol. The highest BCUT2D eigenvalue weighted by atomic mass is 19.4. The number of nitrogens with one attached hydrogen (secondary N) is 1. The molecule has 1 aromatic heterocycles. The number of alkyl halides is 3. The lowest BCUT2D eigenvalue weighted by atomic mass is 10.1. The van der Waals surface area contributed by atoms with E-state index in [1.165, 1.54) is 18.2 Å². The summed E-state index contributed by atoms with van der Waals surface area (Å²) in [5.74, 6) is 0.0845. The number of benzene rings is 1. The van der Waals surface area contributed by atoms with Crippen molar-refractivity contribution < 1.29 is 22.4 Å². The highest BCUT2D eigenvalue weighted by Crippen LogP contribution is 2.36. The maximum atomic E-state index is 13.0. The van der Waals surface area contributed by atoms with Gasteiger partial charge in [0.05, 0.1) is 12.2 Å². The Balaban J connectivity index is 1.93. The van der Waals surface area contributed by atoms with Gasteiger partial charge in [0, 0.05) is 18.7 Å². The minimum Gasteiger partial charge on any atom is -0.366 e. The highest BCUT2D eigenvalue weighted by Gasteiger charge is 2.35. The SMILES string of the molecule is FC(F)(F)c1ccccc1-c1noc([C@H]2CNCCO2)n1. The summed E-state index contributed by atoms with van der Waals surface area (Å²) in [5, 5.41) is 6.73. The van der Waals surface area contributed by atoms with Crippen LogP contribution in [0.25, 0.3) is 11.4 Å². The molecule has 1 aliphatic rings. The van der Waals surface area contributed by atoms with Gasteiger partial charge in [-0.05, 0) is 6.07 Å². The molecule has 0 bridgehead atoms. The van der Waals surface area contributed by atoms with Gasteiger partial charge in [-0.1, -0.05) is 23.4 Å². The van der Waals surface area contributed by atoms with Gasteiger partial charge in [0.2, 0.25) is 5.82 Å². The van der Waals surface area contributed by atoms with Gasteiger partial charge in [0.1, 0.15) is 6.10 Å². The lowest BCUT2D eigenvalue weighted by Crippen LogP contribution is -2.33. The third-order valence-electron chi connectivity index (χ3n) is 3.12. The normalized spacial score (nSPS) is 19.7. The van der Waals surface area contributed by atoms with Crippen LogP contribution in [0.5, 0.6) is 0 Å². The Morgan fingerprint density at radius 3 is 2.76 bits per heavy atom. The molecule has 1 atom stereocenters. The molecule has 0 radical (unpaired) electrons. The lowest BCUT2D eigenvalue weighted by Gasteiger charge is -2.19. The quantitative estimate of drug-likeness (QED) is 0.923. The van der Waals surface area contributed by atoms with Crippen molar-refractivity contribution in [3.63, 3.8) is 0 Å². The molecule has 8 heteroatoms. The number of hydrogen-bond donors (Lipinski definition) is 1. The molecule has 3 rings (SSSR count). The van der Waals surface area contributed by atoms with Crippen LogP contribution >= 0.6 is 0 Å². The van der Waals surface area contributed by atoms with Gasteiger partial charge in [-0.25, -0.2) is 0 Å². The van der Waals surface area contributed by atoms with Crippen LogP contribution in [0, 0.1) is 0 Å². The molecule has 1 aliphatic heterocycles. The van der Waals surface area contributed by atoms with E-state index in [2.05, 4.69) is 15.5 Å². The van der Waals surface area contributed by atoms with Crippen LogP contribution < -0.4 is 5.32 Å². The van der Waals surface area contributed by atoms with E-state index >= 15 is 0 Å². The topological polar surface area (TPSA) is 60.2 Å². The van der Waals surface area contributed by atoms with Crippen LogP contribution in [0.15, 0.2) is 28.8 Å². The first kappa shape index (κ1) is 14.0. The van der Waals surface area contributed by atoms with Crippen molar-refractivity contribution in [3.05, 3.63) is 35.7 Å². The average Bonchev–Trinajstić information content (AvgIpc) is 2.97. The molecule has 112 valence electrons. The zero-order valence-corrected chi connectivity index (χ0v) is 10.9. The fourth-order valence-corrected chi connectivity index (χ4v) is 2.12. The van der Waals surface area contributed by atoms with Crippen molar-refractivity contribution in [2.75, 3.05) is 19.7 Å². The second-order valence-electron chi connectivity index (χ2n) is 4.56. The van der Waals surface area contributed by atoms with Crippen LogP contribution in [-0.4, -0.2) is 29.8 Å². The van der Waals surface area contributed by atoms with Crippen molar-refractivity contribution in [3.8, 4) is 11.4 Å². The lowest BCUT2D eigenvalue weighted by molar-refractivity contribution is -0.137. The maximum Gasteiger partial charge on any atom is 0.417 e. The number of morpholine rings is 1. The van der Waals surface area contributed by atoms with Crippen LogP contribution in [0.1, 0.15) is 17.6 Å². The van der Waals surface area contributed by atoms with E-state index in [1.54, 1.807) is 0 Å². The number of hydrogen-bond acceptors (Lipinski definition) is 5. The Bertz CT molecular complexity index is 621. The molecule has 1 aromatic carbocycles. The van der Waals surface area contributed by atoms with Gasteiger partial charge >= 0.3 is 6.18 Å². The van der Waals surface area contributed by atoms with Crippen LogP contribution in [-0.2, 0) is 10.9 Å². The Morgan fingerprint density at radius 1 is 1.24 bits per heavy atom. The van der Waals surface area contributed by atoms with Gasteiger partial charge in [0.15, 0.2) is 0 Å². The maximum absolute atomic E-state index is 13.0. The summed E-state index contributed by atoms with van der Waals surface area (Å²) < 4.78 is 49.4. The molecule has 0 unspecified atom stereocenters. The monoisotopic (exact) mass is 299 g/mol. The summed E-state index contributed by atoms with van der Waals surface area (Å²) in [6, 6.07) is 5.13. The van der Waals surface area contributed by atoms with Crippen molar-refractivity contribution in [2.24, 2.45) is 0 Å². The van der Waals surface area contributed by atoms with Crippen molar-refractivity contribution in [2.45, 2.75) is 12.3 Å². The summed E-state index contributed by atoms with van der Waals surface area (Å²) in [4.78, 5) is 4.04. The van der Waals surface area contributed by atoms with E-state index in [0.29, 0.717) is 19.7 Å². The number of ether oxygens (including phenoxy) is 1. The number of halogens is 3. The first-order valence-corrected chi connectivity index (χ1v) is 6.38. The smallest absolute Gasteiger partial charge is 0.366 e. The fourth-order valence-electron chi connectivity index (χ4n) is 2.12. The Labute approximate surface area is 118 Å². The third-order valence-corrected chi connectivity index (χ3v) is 3.12. The predicted octanol–water partition coefficient (Wildman–Crippen LogP) is 2.42. The van der Waals surface area contributed by atoms with Gasteiger partial charge in [-0.15, -0.1) is 0 Å². The fraction of sp³-hybridized carbons (Fsp3) is 0.385. The van der Waals surface area contributed by atoms with E-state index in [1.807, 2.05) is 0 Å². The zero-order chi connectivity index (χ0) is 14.9. The van der Waals surface area contributed by atoms with Crippen molar-refractivity contribution in [1.82, 2.24) is 15.5 Å². The summed E-state index contributed by atoms with van der Waals surface area (Å²) in [6.45, 7) is 1.69. The zero-order valence-electron chi connectivity index (χ0n) is 10.9. The summed E-state index contributed by atoms with van der Waals surface area (Å²) in [6.07, 6.45) is -4.90. The molecule has 1 fully saturated rings. The molecule has 2 aromatic rings. The molecule has 21 heavy (non-hydrogen) atoms. The van der Waals surface area contributed by atoms with Gasteiger partial charge in [0.25, 0.3) is 5.89 Å². The minimum absolute atomic E-state index is 0.0906. The van der Waals surface area contributed by atoms with Crippen LogP contribution in [0.3, 0.4) is 0 Å². The molecule has 2 heterocycles. The molecule has 5 nitrogen and oxygen atoms in total. The van der Waals surface area contributed by atoms with Gasteiger partial charge in [-0.3, -0.25) is 0 Å². The number of aromatic nitrogens is 2. The van der Waals surface area contributed by atoms with E-state index in [-0.39, 0.29) is 17.3 Å². The average molecular weight is 299 g/mol. The molecule has 0 amide bonds. The molecular weight excluding hydrogens is 287 g/mol. The van der Waals surface area contributed by atoms with Crippen molar-refractivity contribution >= 4 is 0 Å². The van der Waals surface area contributed by atoms with E-state index in [4.69, 9.17) is 9.26 Å². The number of rotatable bonds is 2. The van der Waals surface area contributed by atoms with E-state index in [0.717, 1.165) is 6.07 Å². The molecule has 1 N–H and O–H groups in total. The molecular formula is C13H12F3N3O2. The van der Waals surface area contributed by atoms with Crippen LogP contribution in [0.2, 0.25) is 0 Å². The largest absolute Gasteiger partial charge is 0.417 e. The van der Waals surface area contributed by atoms with Gasteiger partial charge < -0.3 is 14.6 Å². The first-order chi connectivity index (χ1) is 10.1. The summed E-state index contributed by atoms with van der Waals surface area (Å²) in [7, 11) is 0. The Hall–Kier alpha value is -1.93. The van der Waals surface area contributed by atoms with E-state index < -0.39 is 17.8 Å². The summed E-state index contributed by atoms with van der Waals surface area (Å²) in [5.41, 5.74) is -0.899. The molecule has 0 spiro atoms. The standard InChI is InChI=1S/C13H12F3N3O2/c14-13(15,16)9-4-2-1-3-8(9)11-18-12(21-19-11)10-7-17-5-6-20-10/h1-4,10,17H,5-7H2/t10-/m1/s1. The molecule has 0 saturated carbocycles. The van der Waals surface area contributed by atoms with E-state index in [9.17, 15) is 13.2 Å². The van der Waals surface area contributed by atoms with Crippen LogP contribution in [0.4, 0.5) is 13.2 Å². The number of nitrogens with zero attached hydrogens (tertiary/aromatic N) is 2. The third kappa shape index (κ3) is 2.91. The second kappa shape index (κ2) is 5.45. The van der Waals surface area contributed by atoms with Gasteiger partial charge in [-0.2, -0.15) is 18.2 Å².